The van der Waals surface area contributed by atoms with Gasteiger partial charge in [-0.1, -0.05) is 66.7 Å². The Morgan fingerprint density at radius 1 is 0.425 bits per heavy atom. The number of ether oxygens (including phenoxy) is 2. The molecule has 2 aromatic heterocycles. The first-order valence-corrected chi connectivity index (χ1v) is 14.2. The lowest BCUT2D eigenvalue weighted by molar-refractivity contribution is 0.359. The zero-order valence-electron chi connectivity index (χ0n) is 21.3. The van der Waals surface area contributed by atoms with Gasteiger partial charge in [-0.2, -0.15) is 0 Å². The van der Waals surface area contributed by atoms with E-state index in [1.165, 1.54) is 42.0 Å². The predicted octanol–water partition coefficient (Wildman–Crippen LogP) is 10.7. The topological polar surface area (TPSA) is 23.4 Å². The molecule has 0 saturated heterocycles. The summed E-state index contributed by atoms with van der Waals surface area (Å²) in [5, 5.41) is 5.06. The van der Waals surface area contributed by atoms with Crippen molar-refractivity contribution in [1.29, 1.82) is 0 Å². The number of fused-ring (bicyclic) bond motifs is 8. The Bertz CT molecular complexity index is 2240. The molecule has 8 aromatic rings. The molecule has 0 bridgehead atoms. The Morgan fingerprint density at radius 3 is 1.77 bits per heavy atom. The van der Waals surface area contributed by atoms with Gasteiger partial charge in [0.2, 0.25) is 0 Å². The summed E-state index contributed by atoms with van der Waals surface area (Å²) in [4.78, 5) is 0. The van der Waals surface area contributed by atoms with Crippen molar-refractivity contribution in [1.82, 2.24) is 4.57 Å². The highest BCUT2D eigenvalue weighted by Gasteiger charge is 2.21. The van der Waals surface area contributed by atoms with Gasteiger partial charge in [0, 0.05) is 37.0 Å². The smallest absolute Gasteiger partial charge is 0.172 e. The van der Waals surface area contributed by atoms with Crippen molar-refractivity contribution >= 4 is 53.3 Å². The molecular weight excluding hydrogens is 510 g/mol. The molecule has 0 atom stereocenters. The zero-order chi connectivity index (χ0) is 26.2. The summed E-state index contributed by atoms with van der Waals surface area (Å²) < 4.78 is 17.7. The summed E-state index contributed by atoms with van der Waals surface area (Å²) in [6.07, 6.45) is 0. The van der Waals surface area contributed by atoms with Crippen LogP contribution in [0.2, 0.25) is 0 Å². The molecule has 0 N–H and O–H groups in total. The molecule has 9 rings (SSSR count). The van der Waals surface area contributed by atoms with Crippen LogP contribution in [0.4, 0.5) is 0 Å². The molecule has 3 heterocycles. The van der Waals surface area contributed by atoms with E-state index in [4.69, 9.17) is 9.47 Å². The number of thiophene rings is 1. The molecule has 0 saturated carbocycles. The Labute approximate surface area is 234 Å². The van der Waals surface area contributed by atoms with Crippen molar-refractivity contribution in [3.8, 4) is 39.8 Å². The average molecular weight is 532 g/mol. The fourth-order valence-electron chi connectivity index (χ4n) is 5.99. The van der Waals surface area contributed by atoms with E-state index in [1.807, 2.05) is 23.5 Å². The molecule has 0 amide bonds. The molecule has 6 aromatic carbocycles. The minimum atomic E-state index is 0.714. The maximum absolute atomic E-state index is 6.41. The molecule has 1 aliphatic rings. The molecule has 0 spiro atoms. The van der Waals surface area contributed by atoms with Gasteiger partial charge < -0.3 is 14.0 Å². The first-order valence-electron chi connectivity index (χ1n) is 13.3. The summed E-state index contributed by atoms with van der Waals surface area (Å²) in [5.74, 6) is 2.88. The van der Waals surface area contributed by atoms with E-state index < -0.39 is 0 Å². The summed E-state index contributed by atoms with van der Waals surface area (Å²) in [6.45, 7) is 0. The largest absolute Gasteiger partial charge is 0.449 e. The van der Waals surface area contributed by atoms with Crippen molar-refractivity contribution in [3.63, 3.8) is 0 Å². The number of benzene rings is 6. The van der Waals surface area contributed by atoms with Crippen LogP contribution in [0.5, 0.6) is 23.0 Å². The highest BCUT2D eigenvalue weighted by molar-refractivity contribution is 7.25. The van der Waals surface area contributed by atoms with Gasteiger partial charge in [-0.05, 0) is 65.7 Å². The average Bonchev–Trinajstić information content (AvgIpc) is 3.55. The highest BCUT2D eigenvalue weighted by Crippen LogP contribution is 2.48. The third-order valence-electron chi connectivity index (χ3n) is 7.86. The minimum absolute atomic E-state index is 0.714. The van der Waals surface area contributed by atoms with Gasteiger partial charge in [-0.15, -0.1) is 11.3 Å². The van der Waals surface area contributed by atoms with E-state index >= 15 is 0 Å². The first-order chi connectivity index (χ1) is 19.8. The van der Waals surface area contributed by atoms with Crippen molar-refractivity contribution in [2.24, 2.45) is 0 Å². The Kier molecular flexibility index (Phi) is 4.48. The maximum atomic E-state index is 6.41. The molecule has 0 radical (unpaired) electrons. The second kappa shape index (κ2) is 8.22. The number of hydrogen-bond acceptors (Lipinski definition) is 3. The van der Waals surface area contributed by atoms with E-state index in [-0.39, 0.29) is 0 Å². The number of hydrogen-bond donors (Lipinski definition) is 0. The number of rotatable bonds is 2. The Hall–Kier alpha value is -5.06. The molecular formula is C36H21NO2S. The van der Waals surface area contributed by atoms with Gasteiger partial charge in [0.25, 0.3) is 0 Å². The van der Waals surface area contributed by atoms with E-state index in [9.17, 15) is 0 Å². The van der Waals surface area contributed by atoms with Crippen LogP contribution in [0.15, 0.2) is 127 Å². The van der Waals surface area contributed by atoms with Crippen LogP contribution in [-0.4, -0.2) is 4.57 Å². The molecule has 0 fully saturated rings. The van der Waals surface area contributed by atoms with Gasteiger partial charge in [0.1, 0.15) is 0 Å². The fourth-order valence-corrected chi connectivity index (χ4v) is 7.08. The monoisotopic (exact) mass is 531 g/mol. The molecule has 0 aliphatic carbocycles. The minimum Gasteiger partial charge on any atom is -0.449 e. The summed E-state index contributed by atoms with van der Waals surface area (Å²) in [7, 11) is 0. The summed E-state index contributed by atoms with van der Waals surface area (Å²) in [6, 6.07) is 44.7. The number of para-hydroxylation sites is 2. The van der Waals surface area contributed by atoms with Crippen LogP contribution in [0.1, 0.15) is 0 Å². The van der Waals surface area contributed by atoms with E-state index in [2.05, 4.69) is 120 Å². The summed E-state index contributed by atoms with van der Waals surface area (Å²) >= 11 is 1.84. The predicted molar refractivity (Wildman–Crippen MR) is 166 cm³/mol. The van der Waals surface area contributed by atoms with Crippen molar-refractivity contribution in [3.05, 3.63) is 127 Å². The van der Waals surface area contributed by atoms with Gasteiger partial charge in [0.05, 0.1) is 16.7 Å². The van der Waals surface area contributed by atoms with E-state index in [0.717, 1.165) is 28.3 Å². The van der Waals surface area contributed by atoms with Crippen LogP contribution >= 0.6 is 11.3 Å². The lowest BCUT2D eigenvalue weighted by atomic mass is 10.0. The summed E-state index contributed by atoms with van der Waals surface area (Å²) in [5.41, 5.74) is 5.64. The lowest BCUT2D eigenvalue weighted by Gasteiger charge is -2.22. The van der Waals surface area contributed by atoms with Crippen molar-refractivity contribution < 1.29 is 9.47 Å². The molecule has 4 heteroatoms. The molecule has 0 unspecified atom stereocenters. The third kappa shape index (κ3) is 3.17. The van der Waals surface area contributed by atoms with Gasteiger partial charge in [-0.25, -0.2) is 0 Å². The molecule has 1 aliphatic heterocycles. The van der Waals surface area contributed by atoms with Crippen LogP contribution < -0.4 is 9.47 Å². The van der Waals surface area contributed by atoms with Gasteiger partial charge in [0.15, 0.2) is 23.0 Å². The molecule has 3 nitrogen and oxygen atoms in total. The fraction of sp³-hybridized carbons (Fsp3) is 0. The zero-order valence-corrected chi connectivity index (χ0v) is 22.1. The SMILES string of the molecule is c1ccc2c(c1)sc1ccc(-c3ccc4c(c3)Oc3ccc(-n5c6ccccc6c6ccccc65)cc3O4)cc12. The number of nitrogens with zero attached hydrogens (tertiary/aromatic N) is 1. The quantitative estimate of drug-likeness (QED) is 0.221. The van der Waals surface area contributed by atoms with Crippen LogP contribution in [0.25, 0.3) is 58.8 Å². The van der Waals surface area contributed by atoms with Gasteiger partial charge in [-0.3, -0.25) is 0 Å². The van der Waals surface area contributed by atoms with Crippen LogP contribution in [0.3, 0.4) is 0 Å². The standard InChI is InChI=1S/C36H21NO2S/c1-4-10-29-25(7-1)26-8-2-5-11-30(26)37(29)24-15-17-32-34(21-24)39-31-16-13-23(20-33(31)38-32)22-14-18-36-28(19-22)27-9-3-6-12-35(27)40-36/h1-21H. The van der Waals surface area contributed by atoms with Crippen molar-refractivity contribution in [2.75, 3.05) is 0 Å². The maximum Gasteiger partial charge on any atom is 0.172 e. The molecule has 188 valence electrons. The normalized spacial score (nSPS) is 12.4. The van der Waals surface area contributed by atoms with E-state index in [0.29, 0.717) is 11.5 Å². The second-order valence-electron chi connectivity index (χ2n) is 10.2. The Balaban J connectivity index is 1.11. The lowest BCUT2D eigenvalue weighted by Crippen LogP contribution is -2.01. The van der Waals surface area contributed by atoms with Gasteiger partial charge >= 0.3 is 0 Å². The van der Waals surface area contributed by atoms with Crippen LogP contribution in [0, 0.1) is 0 Å². The van der Waals surface area contributed by atoms with Crippen LogP contribution in [-0.2, 0) is 0 Å². The Morgan fingerprint density at radius 2 is 1.00 bits per heavy atom. The van der Waals surface area contributed by atoms with Crippen molar-refractivity contribution in [2.45, 2.75) is 0 Å². The van der Waals surface area contributed by atoms with E-state index in [1.54, 1.807) is 0 Å². The third-order valence-corrected chi connectivity index (χ3v) is 9.01. The molecule has 40 heavy (non-hydrogen) atoms. The first kappa shape index (κ1) is 21.8. The number of aromatic nitrogens is 1. The highest BCUT2D eigenvalue weighted by atomic mass is 32.1. The second-order valence-corrected chi connectivity index (χ2v) is 11.3.